The van der Waals surface area contributed by atoms with Gasteiger partial charge in [0, 0.05) is 17.1 Å². The van der Waals surface area contributed by atoms with Gasteiger partial charge in [-0.05, 0) is 13.0 Å². The van der Waals surface area contributed by atoms with Gasteiger partial charge in [0.1, 0.15) is 17.4 Å². The van der Waals surface area contributed by atoms with Crippen molar-refractivity contribution in [1.82, 2.24) is 4.98 Å². The Morgan fingerprint density at radius 2 is 2.43 bits per heavy atom. The van der Waals surface area contributed by atoms with Crippen molar-refractivity contribution in [3.05, 3.63) is 46.4 Å². The van der Waals surface area contributed by atoms with E-state index in [0.717, 1.165) is 16.5 Å². The minimum absolute atomic E-state index is 0.527. The maximum absolute atomic E-state index is 5.50. The van der Waals surface area contributed by atoms with Gasteiger partial charge in [-0.3, -0.25) is 0 Å². The lowest BCUT2D eigenvalue weighted by Gasteiger charge is -2.01. The molecule has 14 heavy (non-hydrogen) atoms. The predicted molar refractivity (Wildman–Crippen MR) is 56.5 cm³/mol. The van der Waals surface area contributed by atoms with E-state index in [0.29, 0.717) is 6.61 Å². The number of thiazole rings is 1. The number of aryl methyl sites for hydroxylation is 1. The van der Waals surface area contributed by atoms with E-state index in [2.05, 4.69) is 11.1 Å². The summed E-state index contributed by atoms with van der Waals surface area (Å²) in [6.07, 6.45) is 0. The molecular formula is C11H10NOS. The van der Waals surface area contributed by atoms with Crippen LogP contribution in [0.4, 0.5) is 0 Å². The summed E-state index contributed by atoms with van der Waals surface area (Å²) in [5.41, 5.74) is 1.05. The Morgan fingerprint density at radius 3 is 3.07 bits per heavy atom. The molecular weight excluding hydrogens is 194 g/mol. The molecule has 0 N–H and O–H groups in total. The third-order valence-corrected chi connectivity index (χ3v) is 2.64. The molecule has 0 aliphatic rings. The highest BCUT2D eigenvalue weighted by Gasteiger charge is 1.99. The second-order valence-corrected chi connectivity index (χ2v) is 3.84. The summed E-state index contributed by atoms with van der Waals surface area (Å²) in [6, 6.07) is 10.6. The molecule has 1 aromatic heterocycles. The average molecular weight is 204 g/mol. The van der Waals surface area contributed by atoms with E-state index in [1.807, 2.05) is 36.6 Å². The lowest BCUT2D eigenvalue weighted by molar-refractivity contribution is 0.304. The van der Waals surface area contributed by atoms with E-state index in [-0.39, 0.29) is 0 Å². The van der Waals surface area contributed by atoms with Gasteiger partial charge >= 0.3 is 0 Å². The van der Waals surface area contributed by atoms with Crippen molar-refractivity contribution in [3.8, 4) is 5.75 Å². The minimum Gasteiger partial charge on any atom is -0.486 e. The third kappa shape index (κ3) is 2.33. The van der Waals surface area contributed by atoms with Crippen LogP contribution in [-0.4, -0.2) is 4.98 Å². The van der Waals surface area contributed by atoms with E-state index >= 15 is 0 Å². The van der Waals surface area contributed by atoms with Crippen LogP contribution in [0, 0.1) is 13.0 Å². The monoisotopic (exact) mass is 204 g/mol. The van der Waals surface area contributed by atoms with E-state index in [1.54, 1.807) is 11.3 Å². The number of benzene rings is 1. The van der Waals surface area contributed by atoms with Crippen molar-refractivity contribution in [2.24, 2.45) is 0 Å². The molecule has 1 aromatic carbocycles. The molecule has 0 bridgehead atoms. The Hall–Kier alpha value is -1.35. The number of para-hydroxylation sites is 1. The van der Waals surface area contributed by atoms with Gasteiger partial charge < -0.3 is 4.74 Å². The molecule has 0 aliphatic heterocycles. The quantitative estimate of drug-likeness (QED) is 0.767. The van der Waals surface area contributed by atoms with Gasteiger partial charge in [-0.1, -0.05) is 18.2 Å². The maximum Gasteiger partial charge on any atom is 0.140 e. The highest BCUT2D eigenvalue weighted by molar-refractivity contribution is 7.09. The molecule has 3 heteroatoms. The van der Waals surface area contributed by atoms with Crippen molar-refractivity contribution < 1.29 is 4.74 Å². The van der Waals surface area contributed by atoms with Crippen LogP contribution in [0.25, 0.3) is 0 Å². The zero-order valence-electron chi connectivity index (χ0n) is 7.86. The van der Waals surface area contributed by atoms with Crippen LogP contribution in [-0.2, 0) is 6.61 Å². The first kappa shape index (κ1) is 9.21. The van der Waals surface area contributed by atoms with Gasteiger partial charge in [0.15, 0.2) is 0 Å². The molecule has 2 rings (SSSR count). The lowest BCUT2D eigenvalue weighted by Crippen LogP contribution is -1.94. The van der Waals surface area contributed by atoms with E-state index in [4.69, 9.17) is 4.74 Å². The van der Waals surface area contributed by atoms with E-state index in [1.165, 1.54) is 0 Å². The van der Waals surface area contributed by atoms with Crippen LogP contribution in [0.5, 0.6) is 5.75 Å². The normalized spacial score (nSPS) is 10.1. The van der Waals surface area contributed by atoms with E-state index < -0.39 is 0 Å². The summed E-state index contributed by atoms with van der Waals surface area (Å²) in [6.45, 7) is 2.51. The van der Waals surface area contributed by atoms with Crippen molar-refractivity contribution >= 4 is 11.3 Å². The molecule has 71 valence electrons. The van der Waals surface area contributed by atoms with Gasteiger partial charge in [0.2, 0.25) is 0 Å². The Morgan fingerprint density at radius 1 is 1.50 bits per heavy atom. The smallest absolute Gasteiger partial charge is 0.140 e. The van der Waals surface area contributed by atoms with Gasteiger partial charge in [-0.15, -0.1) is 11.3 Å². The number of rotatable bonds is 3. The molecule has 0 saturated carbocycles. The second kappa shape index (κ2) is 4.24. The van der Waals surface area contributed by atoms with Gasteiger partial charge in [0.05, 0.1) is 0 Å². The lowest BCUT2D eigenvalue weighted by atomic mass is 10.3. The Labute approximate surface area is 87.2 Å². The maximum atomic E-state index is 5.50. The summed E-state index contributed by atoms with van der Waals surface area (Å²) < 4.78 is 5.50. The first-order valence-corrected chi connectivity index (χ1v) is 5.23. The topological polar surface area (TPSA) is 22.1 Å². The first-order valence-electron chi connectivity index (χ1n) is 4.35. The summed E-state index contributed by atoms with van der Waals surface area (Å²) in [5, 5.41) is 3.02. The molecule has 2 aromatic rings. The standard InChI is InChI=1S/C11H10NOS/c1-9-8-14-11(12-9)7-13-10-5-3-2-4-6-10/h2-5,8H,7H2,1H3. The summed E-state index contributed by atoms with van der Waals surface area (Å²) >= 11 is 1.62. The molecule has 0 amide bonds. The molecule has 0 saturated heterocycles. The Balaban J connectivity index is 1.95. The first-order chi connectivity index (χ1) is 6.84. The van der Waals surface area contributed by atoms with Gasteiger partial charge in [-0.25, -0.2) is 4.98 Å². The van der Waals surface area contributed by atoms with Crippen LogP contribution in [0.1, 0.15) is 10.7 Å². The largest absolute Gasteiger partial charge is 0.486 e. The summed E-state index contributed by atoms with van der Waals surface area (Å²) in [7, 11) is 0. The average Bonchev–Trinajstić information content (AvgIpc) is 2.63. The number of aromatic nitrogens is 1. The Bertz CT molecular complexity index is 397. The van der Waals surface area contributed by atoms with Crippen LogP contribution < -0.4 is 4.74 Å². The molecule has 1 radical (unpaired) electrons. The van der Waals surface area contributed by atoms with Crippen LogP contribution in [0.15, 0.2) is 29.6 Å². The van der Waals surface area contributed by atoms with Crippen molar-refractivity contribution in [1.29, 1.82) is 0 Å². The molecule has 0 spiro atoms. The van der Waals surface area contributed by atoms with Gasteiger partial charge in [0.25, 0.3) is 0 Å². The highest BCUT2D eigenvalue weighted by Crippen LogP contribution is 2.13. The molecule has 2 nitrogen and oxygen atoms in total. The zero-order chi connectivity index (χ0) is 9.80. The van der Waals surface area contributed by atoms with Crippen molar-refractivity contribution in [3.63, 3.8) is 0 Å². The number of hydrogen-bond acceptors (Lipinski definition) is 3. The molecule has 0 aliphatic carbocycles. The molecule has 0 fully saturated rings. The molecule has 0 unspecified atom stereocenters. The number of hydrogen-bond donors (Lipinski definition) is 0. The number of ether oxygens (including phenoxy) is 1. The second-order valence-electron chi connectivity index (χ2n) is 2.90. The molecule has 1 heterocycles. The summed E-state index contributed by atoms with van der Waals surface area (Å²) in [4.78, 5) is 4.31. The Kier molecular flexibility index (Phi) is 2.79. The fraction of sp³-hybridized carbons (Fsp3) is 0.182. The zero-order valence-corrected chi connectivity index (χ0v) is 8.67. The van der Waals surface area contributed by atoms with Crippen LogP contribution in [0.2, 0.25) is 0 Å². The van der Waals surface area contributed by atoms with Gasteiger partial charge in [-0.2, -0.15) is 0 Å². The fourth-order valence-electron chi connectivity index (χ4n) is 1.08. The van der Waals surface area contributed by atoms with Crippen LogP contribution >= 0.6 is 11.3 Å². The highest BCUT2D eigenvalue weighted by atomic mass is 32.1. The SMILES string of the molecule is Cc1csc(COc2[c]cccc2)n1. The van der Waals surface area contributed by atoms with Crippen LogP contribution in [0.3, 0.4) is 0 Å². The minimum atomic E-state index is 0.527. The fourth-order valence-corrected chi connectivity index (χ4v) is 1.76. The van der Waals surface area contributed by atoms with Crippen molar-refractivity contribution in [2.75, 3.05) is 0 Å². The van der Waals surface area contributed by atoms with Crippen molar-refractivity contribution in [2.45, 2.75) is 13.5 Å². The number of nitrogens with zero attached hydrogens (tertiary/aromatic N) is 1. The summed E-state index contributed by atoms with van der Waals surface area (Å²) in [5.74, 6) is 0.764. The predicted octanol–water partition coefficient (Wildman–Crippen LogP) is 2.83. The third-order valence-electron chi connectivity index (χ3n) is 1.70. The molecule has 0 atom stereocenters. The van der Waals surface area contributed by atoms with E-state index in [9.17, 15) is 0 Å².